The quantitative estimate of drug-likeness (QED) is 0.641. The molecule has 5 nitrogen and oxygen atoms in total. The zero-order chi connectivity index (χ0) is 18.6. The highest BCUT2D eigenvalue weighted by Crippen LogP contribution is 2.36. The van der Waals surface area contributed by atoms with Gasteiger partial charge in [-0.25, -0.2) is 8.42 Å². The minimum atomic E-state index is -3.48. The van der Waals surface area contributed by atoms with E-state index in [0.717, 1.165) is 56.9 Å². The van der Waals surface area contributed by atoms with E-state index < -0.39 is 10.0 Å². The van der Waals surface area contributed by atoms with Crippen LogP contribution in [0.4, 0.5) is 0 Å². The minimum Gasteiger partial charge on any atom is -0.491 e. The molecule has 0 atom stereocenters. The summed E-state index contributed by atoms with van der Waals surface area (Å²) in [6, 6.07) is 5.57. The average Bonchev–Trinajstić information content (AvgIpc) is 3.31. The summed E-state index contributed by atoms with van der Waals surface area (Å²) in [5, 5.41) is 0. The van der Waals surface area contributed by atoms with Crippen LogP contribution in [0.3, 0.4) is 0 Å². The molecule has 0 aliphatic heterocycles. The van der Waals surface area contributed by atoms with Gasteiger partial charge in [-0.15, -0.1) is 0 Å². The summed E-state index contributed by atoms with van der Waals surface area (Å²) in [6.07, 6.45) is 8.51. The van der Waals surface area contributed by atoms with Crippen LogP contribution in [-0.2, 0) is 14.8 Å². The number of rotatable bonds is 8. The molecule has 3 rings (SSSR count). The van der Waals surface area contributed by atoms with Crippen LogP contribution in [0.15, 0.2) is 23.1 Å². The van der Waals surface area contributed by atoms with Crippen molar-refractivity contribution in [3.8, 4) is 5.75 Å². The number of methoxy groups -OCH3 is 1. The lowest BCUT2D eigenvalue weighted by molar-refractivity contribution is 0.146. The third-order valence-corrected chi connectivity index (χ3v) is 7.64. The summed E-state index contributed by atoms with van der Waals surface area (Å²) < 4.78 is 39.5. The summed E-state index contributed by atoms with van der Waals surface area (Å²) in [7, 11) is -1.85. The number of nitrogens with zero attached hydrogens (tertiary/aromatic N) is 1. The second kappa shape index (κ2) is 8.72. The zero-order valence-electron chi connectivity index (χ0n) is 15.9. The summed E-state index contributed by atoms with van der Waals surface area (Å²) in [5.41, 5.74) is 0.847. The fourth-order valence-corrected chi connectivity index (χ4v) is 6.32. The van der Waals surface area contributed by atoms with E-state index in [4.69, 9.17) is 9.47 Å². The van der Waals surface area contributed by atoms with Crippen LogP contribution in [0.2, 0.25) is 0 Å². The molecule has 2 aliphatic rings. The largest absolute Gasteiger partial charge is 0.491 e. The van der Waals surface area contributed by atoms with Crippen molar-refractivity contribution in [3.63, 3.8) is 0 Å². The lowest BCUT2D eigenvalue weighted by atomic mass is 10.2. The van der Waals surface area contributed by atoms with Gasteiger partial charge in [0, 0.05) is 19.2 Å². The van der Waals surface area contributed by atoms with Gasteiger partial charge in [0.1, 0.15) is 12.4 Å². The molecule has 1 aromatic rings. The number of hydrogen-bond acceptors (Lipinski definition) is 4. The molecule has 2 fully saturated rings. The van der Waals surface area contributed by atoms with Crippen LogP contribution in [0.25, 0.3) is 0 Å². The van der Waals surface area contributed by atoms with Crippen molar-refractivity contribution in [2.75, 3.05) is 20.3 Å². The van der Waals surface area contributed by atoms with E-state index in [-0.39, 0.29) is 12.1 Å². The summed E-state index contributed by atoms with van der Waals surface area (Å²) in [5.74, 6) is 0.717. The van der Waals surface area contributed by atoms with E-state index in [1.807, 2.05) is 11.2 Å². The third kappa shape index (κ3) is 4.24. The van der Waals surface area contributed by atoms with Crippen molar-refractivity contribution in [1.29, 1.82) is 0 Å². The van der Waals surface area contributed by atoms with Crippen LogP contribution in [0, 0.1) is 6.92 Å². The van der Waals surface area contributed by atoms with Gasteiger partial charge in [-0.3, -0.25) is 0 Å². The molecule has 1 aromatic carbocycles. The maximum absolute atomic E-state index is 13.5. The molecular weight excluding hydrogens is 350 g/mol. The maximum Gasteiger partial charge on any atom is 0.243 e. The van der Waals surface area contributed by atoms with Crippen LogP contribution >= 0.6 is 0 Å². The normalized spacial score (nSPS) is 19.5. The fraction of sp³-hybridized carbons (Fsp3) is 0.700. The molecule has 26 heavy (non-hydrogen) atoms. The Morgan fingerprint density at radius 3 is 2.08 bits per heavy atom. The number of aryl methyl sites for hydroxylation is 1. The maximum atomic E-state index is 13.5. The number of hydrogen-bond donors (Lipinski definition) is 0. The van der Waals surface area contributed by atoms with E-state index in [0.29, 0.717) is 23.9 Å². The molecule has 146 valence electrons. The topological polar surface area (TPSA) is 55.8 Å². The summed E-state index contributed by atoms with van der Waals surface area (Å²) in [6.45, 7) is 2.87. The predicted molar refractivity (Wildman–Crippen MR) is 102 cm³/mol. The van der Waals surface area contributed by atoms with Crippen LogP contribution < -0.4 is 4.74 Å². The van der Waals surface area contributed by atoms with Crippen LogP contribution in [0.5, 0.6) is 5.75 Å². The van der Waals surface area contributed by atoms with Gasteiger partial charge in [0.15, 0.2) is 0 Å². The molecule has 0 aromatic heterocycles. The lowest BCUT2D eigenvalue weighted by Crippen LogP contribution is -2.45. The lowest BCUT2D eigenvalue weighted by Gasteiger charge is -2.33. The number of ether oxygens (including phenoxy) is 2. The predicted octanol–water partition coefficient (Wildman–Crippen LogP) is 3.90. The first-order chi connectivity index (χ1) is 12.5. The van der Waals surface area contributed by atoms with E-state index in [9.17, 15) is 8.42 Å². The molecule has 0 bridgehead atoms. The molecule has 2 saturated carbocycles. The molecule has 6 heteroatoms. The van der Waals surface area contributed by atoms with Gasteiger partial charge < -0.3 is 9.47 Å². The van der Waals surface area contributed by atoms with Crippen LogP contribution in [-0.4, -0.2) is 45.1 Å². The Kier molecular flexibility index (Phi) is 6.59. The van der Waals surface area contributed by atoms with Crippen molar-refractivity contribution in [2.24, 2.45) is 0 Å². The van der Waals surface area contributed by atoms with E-state index in [2.05, 4.69) is 0 Å². The highest BCUT2D eigenvalue weighted by Gasteiger charge is 2.39. The Balaban J connectivity index is 1.85. The molecule has 0 heterocycles. The van der Waals surface area contributed by atoms with Gasteiger partial charge >= 0.3 is 0 Å². The van der Waals surface area contributed by atoms with Crippen molar-refractivity contribution in [1.82, 2.24) is 4.31 Å². The first-order valence-corrected chi connectivity index (χ1v) is 11.2. The Labute approximate surface area is 157 Å². The van der Waals surface area contributed by atoms with Gasteiger partial charge in [-0.2, -0.15) is 4.31 Å². The molecule has 0 amide bonds. The Morgan fingerprint density at radius 1 is 1.00 bits per heavy atom. The van der Waals surface area contributed by atoms with E-state index in [1.54, 1.807) is 25.3 Å². The molecule has 0 unspecified atom stereocenters. The minimum absolute atomic E-state index is 0.168. The van der Waals surface area contributed by atoms with Crippen LogP contribution in [0.1, 0.15) is 56.9 Å². The molecule has 0 spiro atoms. The van der Waals surface area contributed by atoms with Gasteiger partial charge in [0.25, 0.3) is 0 Å². The first kappa shape index (κ1) is 19.6. The van der Waals surface area contributed by atoms with Crippen molar-refractivity contribution in [2.45, 2.75) is 75.3 Å². The molecular formula is C20H31NO4S. The Bertz CT molecular complexity index is 676. The van der Waals surface area contributed by atoms with Gasteiger partial charge in [-0.05, 0) is 56.4 Å². The van der Waals surface area contributed by atoms with E-state index in [1.165, 1.54) is 0 Å². The number of sulfonamides is 1. The highest BCUT2D eigenvalue weighted by molar-refractivity contribution is 7.89. The second-order valence-electron chi connectivity index (χ2n) is 7.48. The average molecular weight is 382 g/mol. The first-order valence-electron chi connectivity index (χ1n) is 9.80. The van der Waals surface area contributed by atoms with Crippen molar-refractivity contribution in [3.05, 3.63) is 23.8 Å². The molecule has 0 saturated heterocycles. The van der Waals surface area contributed by atoms with Gasteiger partial charge in [0.2, 0.25) is 10.0 Å². The molecule has 0 N–H and O–H groups in total. The highest BCUT2D eigenvalue weighted by atomic mass is 32.2. The van der Waals surface area contributed by atoms with Gasteiger partial charge in [-0.1, -0.05) is 25.7 Å². The standard InChI is InChI=1S/C20H31NO4S/c1-16-15-19(11-12-20(16)25-14-13-24-2)26(22,23)21(17-7-3-4-8-17)18-9-5-6-10-18/h11-12,15,17-18H,3-10,13-14H2,1-2H3. The SMILES string of the molecule is COCCOc1ccc(S(=O)(=O)N(C2CCCC2)C2CCCC2)cc1C. The molecule has 2 aliphatic carbocycles. The van der Waals surface area contributed by atoms with Crippen molar-refractivity contribution >= 4 is 10.0 Å². The second-order valence-corrected chi connectivity index (χ2v) is 9.32. The monoisotopic (exact) mass is 381 g/mol. The van der Waals surface area contributed by atoms with Gasteiger partial charge in [0.05, 0.1) is 11.5 Å². The zero-order valence-corrected chi connectivity index (χ0v) is 16.8. The smallest absolute Gasteiger partial charge is 0.243 e. The fourth-order valence-electron chi connectivity index (χ4n) is 4.31. The summed E-state index contributed by atoms with van der Waals surface area (Å²) >= 11 is 0. The van der Waals surface area contributed by atoms with E-state index >= 15 is 0 Å². The Morgan fingerprint density at radius 2 is 1.58 bits per heavy atom. The summed E-state index contributed by atoms with van der Waals surface area (Å²) in [4.78, 5) is 0.396. The van der Waals surface area contributed by atoms with Crippen molar-refractivity contribution < 1.29 is 17.9 Å². The molecule has 0 radical (unpaired) electrons. The third-order valence-electron chi connectivity index (χ3n) is 5.64. The Hall–Kier alpha value is -1.11. The number of benzene rings is 1.